The topological polar surface area (TPSA) is 18.5 Å². The van der Waals surface area contributed by atoms with Crippen molar-refractivity contribution in [2.45, 2.75) is 33.2 Å². The maximum Gasteiger partial charge on any atom is 0.174 e. The van der Waals surface area contributed by atoms with Crippen LogP contribution in [-0.4, -0.2) is 40.5 Å². The van der Waals surface area contributed by atoms with Gasteiger partial charge in [0.1, 0.15) is 21.0 Å². The Labute approximate surface area is 149 Å². The lowest BCUT2D eigenvalue weighted by molar-refractivity contribution is 0.642. The van der Waals surface area contributed by atoms with E-state index in [1.54, 1.807) is 5.20 Å². The van der Waals surface area contributed by atoms with E-state index in [1.165, 1.54) is 44.2 Å². The number of benzene rings is 2. The lowest BCUT2D eigenvalue weighted by Gasteiger charge is -2.32. The molecule has 2 aromatic rings. The first kappa shape index (κ1) is 17.1. The average molecular weight is 375 g/mol. The summed E-state index contributed by atoms with van der Waals surface area (Å²) in [6.07, 6.45) is 0. The second kappa shape index (κ2) is 6.62. The summed E-state index contributed by atoms with van der Waals surface area (Å²) in [5.41, 5.74) is 9.34. The van der Waals surface area contributed by atoms with Crippen LogP contribution >= 0.6 is 0 Å². The predicted molar refractivity (Wildman–Crippen MR) is 113 cm³/mol. The molecule has 6 heteroatoms. The Morgan fingerprint density at radius 3 is 2.35 bits per heavy atom. The molecule has 0 bridgehead atoms. The zero-order chi connectivity index (χ0) is 16.7. The highest BCUT2D eigenvalue weighted by atomic mass is 28.3. The van der Waals surface area contributed by atoms with Crippen molar-refractivity contribution in [1.82, 2.24) is 0 Å². The van der Waals surface area contributed by atoms with E-state index in [0.29, 0.717) is 5.54 Å². The van der Waals surface area contributed by atoms with Crippen molar-refractivity contribution in [2.24, 2.45) is 0 Å². The van der Waals surface area contributed by atoms with E-state index in [0.717, 1.165) is 21.0 Å². The molecule has 1 aliphatic rings. The van der Waals surface area contributed by atoms with Gasteiger partial charge in [0, 0.05) is 5.54 Å². The summed E-state index contributed by atoms with van der Waals surface area (Å²) < 4.78 is 11.7. The summed E-state index contributed by atoms with van der Waals surface area (Å²) in [4.78, 5) is 0. The van der Waals surface area contributed by atoms with Crippen molar-refractivity contribution in [1.29, 1.82) is 0 Å². The van der Waals surface area contributed by atoms with Gasteiger partial charge < -0.3 is 8.23 Å². The maximum absolute atomic E-state index is 5.86. The van der Waals surface area contributed by atoms with Crippen molar-refractivity contribution in [3.63, 3.8) is 0 Å². The Morgan fingerprint density at radius 1 is 0.957 bits per heavy atom. The van der Waals surface area contributed by atoms with Gasteiger partial charge in [0.2, 0.25) is 0 Å². The summed E-state index contributed by atoms with van der Waals surface area (Å²) in [6, 6.07) is 6.87. The van der Waals surface area contributed by atoms with Crippen LogP contribution < -0.4 is 0 Å². The van der Waals surface area contributed by atoms with E-state index in [-0.39, 0.29) is 0 Å². The van der Waals surface area contributed by atoms with Gasteiger partial charge in [-0.1, -0.05) is 23.4 Å². The number of hydrogen-bond acceptors (Lipinski definition) is 2. The number of hydrogen-bond donors (Lipinski definition) is 0. The minimum atomic E-state index is -0.599. The molecule has 0 N–H and O–H groups in total. The average Bonchev–Trinajstić information content (AvgIpc) is 2.55. The summed E-state index contributed by atoms with van der Waals surface area (Å²) in [6.45, 7) is 9.15. The first-order chi connectivity index (χ1) is 11.0. The Hall–Kier alpha value is -0.772. The van der Waals surface area contributed by atoms with Crippen LogP contribution in [0.5, 0.6) is 0 Å². The Balaban J connectivity index is 2.45. The van der Waals surface area contributed by atoms with Crippen LogP contribution in [0.2, 0.25) is 0 Å². The second-order valence-electron chi connectivity index (χ2n) is 6.61. The van der Waals surface area contributed by atoms with Gasteiger partial charge in [-0.15, -0.1) is 0 Å². The minimum absolute atomic E-state index is 0.533. The van der Waals surface area contributed by atoms with Crippen molar-refractivity contribution >= 4 is 56.8 Å². The monoisotopic (exact) mass is 374 g/mol. The van der Waals surface area contributed by atoms with Crippen molar-refractivity contribution < 1.29 is 8.23 Å². The molecular weight excluding hydrogens is 349 g/mol. The molecule has 3 rings (SSSR count). The molecule has 23 heavy (non-hydrogen) atoms. The third-order valence-electron chi connectivity index (χ3n) is 5.54. The fourth-order valence-electron chi connectivity index (χ4n) is 4.11. The van der Waals surface area contributed by atoms with Crippen molar-refractivity contribution in [3.8, 4) is 0 Å². The van der Waals surface area contributed by atoms with Gasteiger partial charge in [0.25, 0.3) is 0 Å². The summed E-state index contributed by atoms with van der Waals surface area (Å²) in [5.74, 6) is 0. The van der Waals surface area contributed by atoms with Gasteiger partial charge >= 0.3 is 0 Å². The molecule has 1 aliphatic carbocycles. The number of rotatable bonds is 4. The smallest absolute Gasteiger partial charge is 0.174 e. The van der Waals surface area contributed by atoms with Crippen molar-refractivity contribution in [3.05, 3.63) is 51.2 Å². The molecule has 1 atom stereocenters. The Kier molecular flexibility index (Phi) is 4.91. The van der Waals surface area contributed by atoms with Crippen LogP contribution in [0.4, 0.5) is 0 Å². The lowest BCUT2D eigenvalue weighted by Crippen LogP contribution is -2.23. The zero-order valence-corrected chi connectivity index (χ0v) is 21.9. The zero-order valence-electron chi connectivity index (χ0n) is 15.0. The molecule has 0 amide bonds. The lowest BCUT2D eigenvalue weighted by atomic mass is 9.81. The fraction of sp³-hybridized carbons (Fsp3) is 0.294. The Bertz CT molecular complexity index is 814. The van der Waals surface area contributed by atoms with Crippen LogP contribution in [0.25, 0.3) is 16.3 Å². The molecule has 2 nitrogen and oxygen atoms in total. The summed E-state index contributed by atoms with van der Waals surface area (Å²) in [7, 11) is 0.530. The normalized spacial score (nSPS) is 18.5. The quantitative estimate of drug-likeness (QED) is 0.717. The molecule has 0 saturated heterocycles. The van der Waals surface area contributed by atoms with Crippen LogP contribution in [0.1, 0.15) is 40.3 Å². The fourth-order valence-corrected chi connectivity index (χ4v) is 9.24. The van der Waals surface area contributed by atoms with Gasteiger partial charge in [-0.25, -0.2) is 0 Å². The molecule has 0 aromatic heterocycles. The largest absolute Gasteiger partial charge is 0.467 e. The van der Waals surface area contributed by atoms with Crippen LogP contribution in [0.3, 0.4) is 0 Å². The SMILES string of the molecule is CC1=C([SiH2]O[SiH3])C([SiH2]O[SiH3])c2cccc3c(C)c(C)c(C)c1c23. The van der Waals surface area contributed by atoms with E-state index < -0.39 is 19.5 Å². The van der Waals surface area contributed by atoms with E-state index >= 15 is 0 Å². The van der Waals surface area contributed by atoms with E-state index in [4.69, 9.17) is 8.23 Å². The van der Waals surface area contributed by atoms with Crippen molar-refractivity contribution in [2.75, 3.05) is 0 Å². The molecule has 0 aliphatic heterocycles. The van der Waals surface area contributed by atoms with Crippen LogP contribution in [-0.2, 0) is 8.23 Å². The highest BCUT2D eigenvalue weighted by Crippen LogP contribution is 2.45. The first-order valence-electron chi connectivity index (χ1n) is 8.23. The highest BCUT2D eigenvalue weighted by molar-refractivity contribution is 6.51. The first-order valence-corrected chi connectivity index (χ1v) is 12.5. The van der Waals surface area contributed by atoms with E-state index in [1.807, 2.05) is 0 Å². The molecule has 0 saturated carbocycles. The van der Waals surface area contributed by atoms with E-state index in [9.17, 15) is 0 Å². The van der Waals surface area contributed by atoms with Gasteiger partial charge in [0.15, 0.2) is 19.5 Å². The van der Waals surface area contributed by atoms with Gasteiger partial charge in [-0.2, -0.15) is 0 Å². The molecule has 122 valence electrons. The van der Waals surface area contributed by atoms with Gasteiger partial charge in [-0.05, 0) is 71.9 Å². The molecular formula is C17H26O2Si4. The molecule has 2 aromatic carbocycles. The maximum atomic E-state index is 5.86. The Morgan fingerprint density at radius 2 is 1.70 bits per heavy atom. The third kappa shape index (κ3) is 2.57. The van der Waals surface area contributed by atoms with Gasteiger partial charge in [-0.3, -0.25) is 0 Å². The van der Waals surface area contributed by atoms with E-state index in [2.05, 4.69) is 45.9 Å². The van der Waals surface area contributed by atoms with Gasteiger partial charge in [0.05, 0.1) is 0 Å². The molecule has 0 spiro atoms. The number of allylic oxidation sites excluding steroid dienone is 2. The number of aryl methyl sites for hydroxylation is 1. The third-order valence-corrected chi connectivity index (χ3v) is 11.2. The minimum Gasteiger partial charge on any atom is -0.467 e. The summed E-state index contributed by atoms with van der Waals surface area (Å²) in [5, 5.41) is 4.53. The molecule has 0 radical (unpaired) electrons. The van der Waals surface area contributed by atoms with Crippen LogP contribution in [0.15, 0.2) is 23.4 Å². The standard InChI is InChI=1S/C17H26O2Si4/c1-8-9(2)12-6-5-7-13-15(12)14(10(8)3)11(4)16(22-18-20)17(13)23-19-21/h5-7,17H,22-23H2,1-4,20-21H3. The highest BCUT2D eigenvalue weighted by Gasteiger charge is 2.30. The second-order valence-corrected chi connectivity index (χ2v) is 13.4. The molecule has 0 fully saturated rings. The van der Waals surface area contributed by atoms with Crippen LogP contribution in [0, 0.1) is 20.8 Å². The molecule has 1 unspecified atom stereocenters. The predicted octanol–water partition coefficient (Wildman–Crippen LogP) is 0.312. The summed E-state index contributed by atoms with van der Waals surface area (Å²) >= 11 is 0. The molecule has 0 heterocycles.